The van der Waals surface area contributed by atoms with Crippen molar-refractivity contribution in [1.29, 1.82) is 5.26 Å². The van der Waals surface area contributed by atoms with Gasteiger partial charge in [-0.3, -0.25) is 0 Å². The van der Waals surface area contributed by atoms with Gasteiger partial charge in [0.05, 0.1) is 5.56 Å². The first-order valence-corrected chi connectivity index (χ1v) is 7.28. The summed E-state index contributed by atoms with van der Waals surface area (Å²) < 4.78 is 0. The van der Waals surface area contributed by atoms with Crippen molar-refractivity contribution in [2.75, 3.05) is 0 Å². The van der Waals surface area contributed by atoms with E-state index in [1.165, 1.54) is 18.4 Å². The molecular weight excluding hydrogens is 246 g/mol. The summed E-state index contributed by atoms with van der Waals surface area (Å²) in [5.41, 5.74) is 9.33. The van der Waals surface area contributed by atoms with E-state index >= 15 is 0 Å². The van der Waals surface area contributed by atoms with E-state index in [0.717, 1.165) is 23.7 Å². The van der Waals surface area contributed by atoms with Crippen LogP contribution in [0.5, 0.6) is 0 Å². The van der Waals surface area contributed by atoms with Crippen LogP contribution in [0.15, 0.2) is 24.4 Å². The number of rotatable bonds is 2. The van der Waals surface area contributed by atoms with Crippen LogP contribution in [0, 0.1) is 11.3 Å². The van der Waals surface area contributed by atoms with Crippen LogP contribution < -0.4 is 5.73 Å². The minimum absolute atomic E-state index is 0.0329. The summed E-state index contributed by atoms with van der Waals surface area (Å²) in [6, 6.07) is 8.69. The third-order valence-electron chi connectivity index (χ3n) is 5.05. The number of aromatic nitrogens is 1. The molecule has 3 heteroatoms. The highest BCUT2D eigenvalue weighted by Crippen LogP contribution is 2.48. The number of fused-ring (bicyclic) bond motifs is 1. The average Bonchev–Trinajstić information content (AvgIpc) is 3.04. The Labute approximate surface area is 119 Å². The zero-order chi connectivity index (χ0) is 14.4. The molecule has 1 aromatic carbocycles. The van der Waals surface area contributed by atoms with Crippen molar-refractivity contribution in [3.63, 3.8) is 0 Å². The molecule has 1 fully saturated rings. The highest BCUT2D eigenvalue weighted by Gasteiger charge is 2.45. The van der Waals surface area contributed by atoms with E-state index < -0.39 is 0 Å². The molecule has 0 spiro atoms. The Morgan fingerprint density at radius 1 is 1.30 bits per heavy atom. The van der Waals surface area contributed by atoms with Gasteiger partial charge in [0, 0.05) is 28.1 Å². The number of nitriles is 1. The Morgan fingerprint density at radius 3 is 2.60 bits per heavy atom. The van der Waals surface area contributed by atoms with Crippen molar-refractivity contribution >= 4 is 10.9 Å². The van der Waals surface area contributed by atoms with Gasteiger partial charge in [0.15, 0.2) is 0 Å². The molecule has 0 radical (unpaired) electrons. The minimum atomic E-state index is -0.250. The predicted octanol–water partition coefficient (Wildman–Crippen LogP) is 3.59. The van der Waals surface area contributed by atoms with Crippen LogP contribution >= 0.6 is 0 Å². The van der Waals surface area contributed by atoms with Crippen LogP contribution in [0.3, 0.4) is 0 Å². The maximum absolute atomic E-state index is 9.21. The maximum atomic E-state index is 9.21. The van der Waals surface area contributed by atoms with E-state index in [1.807, 2.05) is 0 Å². The monoisotopic (exact) mass is 267 g/mol. The van der Waals surface area contributed by atoms with E-state index in [1.54, 1.807) is 6.20 Å². The quantitative estimate of drug-likeness (QED) is 0.873. The molecule has 1 heterocycles. The minimum Gasteiger partial charge on any atom is -0.360 e. The molecule has 3 rings (SSSR count). The van der Waals surface area contributed by atoms with Crippen molar-refractivity contribution in [2.24, 2.45) is 5.73 Å². The maximum Gasteiger partial charge on any atom is 0.101 e. The number of hydrogen-bond donors (Lipinski definition) is 2. The van der Waals surface area contributed by atoms with E-state index in [2.05, 4.69) is 43.1 Å². The fraction of sp³-hybridized carbons (Fsp3) is 0.471. The number of H-pyrrole nitrogens is 1. The van der Waals surface area contributed by atoms with E-state index in [0.29, 0.717) is 5.56 Å². The highest BCUT2D eigenvalue weighted by molar-refractivity contribution is 5.86. The molecular formula is C17H21N3. The van der Waals surface area contributed by atoms with E-state index in [-0.39, 0.29) is 11.0 Å². The van der Waals surface area contributed by atoms with Crippen LogP contribution in [0.2, 0.25) is 0 Å². The standard InChI is InChI=1S/C17H21N3/c1-16(2,19)17(7-3-4-8-17)13-5-6-15-14(9-13)12(10-18)11-20-15/h5-6,9,11,20H,3-4,7-8,19H2,1-2H3. The summed E-state index contributed by atoms with van der Waals surface area (Å²) in [5.74, 6) is 0. The first kappa shape index (κ1) is 13.2. The van der Waals surface area contributed by atoms with Gasteiger partial charge < -0.3 is 10.7 Å². The van der Waals surface area contributed by atoms with Crippen LogP contribution in [0.25, 0.3) is 10.9 Å². The summed E-state index contributed by atoms with van der Waals surface area (Å²) in [6.07, 6.45) is 6.51. The van der Waals surface area contributed by atoms with Crippen molar-refractivity contribution in [2.45, 2.75) is 50.5 Å². The summed E-state index contributed by atoms with van der Waals surface area (Å²) in [5, 5.41) is 10.2. The zero-order valence-electron chi connectivity index (χ0n) is 12.2. The molecule has 0 aliphatic heterocycles. The number of nitrogens with zero attached hydrogens (tertiary/aromatic N) is 1. The molecule has 3 N–H and O–H groups in total. The predicted molar refractivity (Wildman–Crippen MR) is 81.4 cm³/mol. The van der Waals surface area contributed by atoms with Gasteiger partial charge in [0.2, 0.25) is 0 Å². The summed E-state index contributed by atoms with van der Waals surface area (Å²) in [6.45, 7) is 4.26. The number of aromatic amines is 1. The van der Waals surface area contributed by atoms with Crippen molar-refractivity contribution in [3.8, 4) is 6.07 Å². The van der Waals surface area contributed by atoms with Crippen molar-refractivity contribution in [1.82, 2.24) is 4.98 Å². The Balaban J connectivity index is 2.20. The molecule has 1 aliphatic carbocycles. The van der Waals surface area contributed by atoms with Crippen LogP contribution in [-0.2, 0) is 5.41 Å². The van der Waals surface area contributed by atoms with Crippen LogP contribution in [0.1, 0.15) is 50.7 Å². The SMILES string of the molecule is CC(C)(N)C1(c2ccc3[nH]cc(C#N)c3c2)CCCC1. The molecule has 1 aliphatic rings. The average molecular weight is 267 g/mol. The lowest BCUT2D eigenvalue weighted by Gasteiger charge is -2.42. The topological polar surface area (TPSA) is 65.6 Å². The molecule has 0 saturated heterocycles. The van der Waals surface area contributed by atoms with Gasteiger partial charge in [-0.05, 0) is 44.4 Å². The van der Waals surface area contributed by atoms with Crippen molar-refractivity contribution < 1.29 is 0 Å². The summed E-state index contributed by atoms with van der Waals surface area (Å²) >= 11 is 0. The fourth-order valence-electron chi connectivity index (χ4n) is 3.79. The zero-order valence-corrected chi connectivity index (χ0v) is 12.2. The molecule has 2 aromatic rings. The number of nitrogens with two attached hydrogens (primary N) is 1. The number of nitrogens with one attached hydrogen (secondary N) is 1. The van der Waals surface area contributed by atoms with Crippen LogP contribution in [-0.4, -0.2) is 10.5 Å². The molecule has 0 amide bonds. The second kappa shape index (κ2) is 4.36. The lowest BCUT2D eigenvalue weighted by molar-refractivity contribution is 0.261. The second-order valence-corrected chi connectivity index (χ2v) is 6.59. The Hall–Kier alpha value is -1.79. The number of benzene rings is 1. The number of hydrogen-bond acceptors (Lipinski definition) is 2. The Morgan fingerprint density at radius 2 is 2.00 bits per heavy atom. The van der Waals surface area contributed by atoms with Gasteiger partial charge in [-0.1, -0.05) is 18.9 Å². The van der Waals surface area contributed by atoms with Gasteiger partial charge in [-0.2, -0.15) is 5.26 Å². The van der Waals surface area contributed by atoms with Crippen molar-refractivity contribution in [3.05, 3.63) is 35.5 Å². The molecule has 0 unspecified atom stereocenters. The third-order valence-corrected chi connectivity index (χ3v) is 5.05. The molecule has 0 atom stereocenters. The lowest BCUT2D eigenvalue weighted by atomic mass is 9.66. The van der Waals surface area contributed by atoms with Crippen LogP contribution in [0.4, 0.5) is 0 Å². The highest BCUT2D eigenvalue weighted by atomic mass is 14.8. The molecule has 3 nitrogen and oxygen atoms in total. The van der Waals surface area contributed by atoms with Gasteiger partial charge in [0.25, 0.3) is 0 Å². The molecule has 1 aromatic heterocycles. The smallest absolute Gasteiger partial charge is 0.101 e. The first-order chi connectivity index (χ1) is 9.48. The van der Waals surface area contributed by atoms with Gasteiger partial charge >= 0.3 is 0 Å². The normalized spacial score (nSPS) is 18.3. The fourth-order valence-corrected chi connectivity index (χ4v) is 3.79. The van der Waals surface area contributed by atoms with E-state index in [4.69, 9.17) is 5.73 Å². The third kappa shape index (κ3) is 1.76. The summed E-state index contributed by atoms with van der Waals surface area (Å²) in [7, 11) is 0. The molecule has 104 valence electrons. The summed E-state index contributed by atoms with van der Waals surface area (Å²) in [4.78, 5) is 3.15. The second-order valence-electron chi connectivity index (χ2n) is 6.59. The first-order valence-electron chi connectivity index (χ1n) is 7.28. The molecule has 0 bridgehead atoms. The lowest BCUT2D eigenvalue weighted by Crippen LogP contribution is -2.52. The molecule has 1 saturated carbocycles. The van der Waals surface area contributed by atoms with Gasteiger partial charge in [-0.15, -0.1) is 0 Å². The van der Waals surface area contributed by atoms with Gasteiger partial charge in [-0.25, -0.2) is 0 Å². The van der Waals surface area contributed by atoms with Gasteiger partial charge in [0.1, 0.15) is 6.07 Å². The molecule has 20 heavy (non-hydrogen) atoms. The largest absolute Gasteiger partial charge is 0.360 e. The Kier molecular flexibility index (Phi) is 2.88. The van der Waals surface area contributed by atoms with E-state index in [9.17, 15) is 5.26 Å². The Bertz CT molecular complexity index is 676.